The number of rotatable bonds is 10. The molecule has 34 heavy (non-hydrogen) atoms. The standard InChI is InChI=1S/C27H28N6O/c1-20-17-25(33-27(30-20)29-16-14-22-11-8-15-28-19-22)32-24(18-21-9-4-2-5-10-21)26(34)31-23-12-6-3-7-13-23/h2-13,15,17,19,24H,14,16,18H2,1H3,(H,31,34)(H2,29,30,32,33)/t24-/m0/s1. The van der Waals surface area contributed by atoms with Gasteiger partial charge in [-0.25, -0.2) is 4.98 Å². The van der Waals surface area contributed by atoms with Gasteiger partial charge < -0.3 is 16.0 Å². The predicted octanol–water partition coefficient (Wildman–Crippen LogP) is 4.50. The molecule has 4 rings (SSSR count). The Kier molecular flexibility index (Phi) is 7.79. The van der Waals surface area contributed by atoms with Crippen molar-refractivity contribution in [3.8, 4) is 0 Å². The van der Waals surface area contributed by atoms with Crippen LogP contribution in [0.1, 0.15) is 16.8 Å². The van der Waals surface area contributed by atoms with Gasteiger partial charge in [0.1, 0.15) is 11.9 Å². The van der Waals surface area contributed by atoms with E-state index in [1.165, 1.54) is 0 Å². The zero-order valence-corrected chi connectivity index (χ0v) is 19.1. The summed E-state index contributed by atoms with van der Waals surface area (Å²) in [5, 5.41) is 9.60. The Morgan fingerprint density at radius 2 is 1.65 bits per heavy atom. The van der Waals surface area contributed by atoms with E-state index >= 15 is 0 Å². The third-order valence-electron chi connectivity index (χ3n) is 5.24. The highest BCUT2D eigenvalue weighted by Gasteiger charge is 2.20. The third-order valence-corrected chi connectivity index (χ3v) is 5.24. The first-order chi connectivity index (χ1) is 16.7. The fourth-order valence-corrected chi connectivity index (χ4v) is 3.57. The molecule has 7 nitrogen and oxygen atoms in total. The molecule has 172 valence electrons. The molecule has 0 fully saturated rings. The highest BCUT2D eigenvalue weighted by Crippen LogP contribution is 2.15. The monoisotopic (exact) mass is 452 g/mol. The number of nitrogens with zero attached hydrogens (tertiary/aromatic N) is 3. The summed E-state index contributed by atoms with van der Waals surface area (Å²) in [5.74, 6) is 0.992. The number of hydrogen-bond acceptors (Lipinski definition) is 6. The highest BCUT2D eigenvalue weighted by atomic mass is 16.2. The second-order valence-corrected chi connectivity index (χ2v) is 8.00. The number of aryl methyl sites for hydroxylation is 1. The summed E-state index contributed by atoms with van der Waals surface area (Å²) >= 11 is 0. The van der Waals surface area contributed by atoms with E-state index < -0.39 is 6.04 Å². The van der Waals surface area contributed by atoms with Crippen LogP contribution in [0, 0.1) is 6.92 Å². The molecule has 0 aliphatic rings. The largest absolute Gasteiger partial charge is 0.358 e. The van der Waals surface area contributed by atoms with Crippen LogP contribution in [-0.2, 0) is 17.6 Å². The van der Waals surface area contributed by atoms with Crippen molar-refractivity contribution in [3.05, 3.63) is 108 Å². The van der Waals surface area contributed by atoms with E-state index in [0.29, 0.717) is 24.7 Å². The summed E-state index contributed by atoms with van der Waals surface area (Å²) in [7, 11) is 0. The SMILES string of the molecule is Cc1cc(N[C@@H](Cc2ccccc2)C(=O)Nc2ccccc2)nc(NCCc2cccnc2)n1. The fourth-order valence-electron chi connectivity index (χ4n) is 3.57. The molecule has 2 aromatic heterocycles. The molecule has 1 amide bonds. The van der Waals surface area contributed by atoms with Crippen LogP contribution in [0.15, 0.2) is 91.3 Å². The Hall–Kier alpha value is -4.26. The van der Waals surface area contributed by atoms with Crippen molar-refractivity contribution in [2.24, 2.45) is 0 Å². The number of benzene rings is 2. The first kappa shape index (κ1) is 22.9. The Bertz CT molecular complexity index is 1190. The Balaban J connectivity index is 1.47. The Morgan fingerprint density at radius 1 is 0.912 bits per heavy atom. The van der Waals surface area contributed by atoms with Gasteiger partial charge in [-0.2, -0.15) is 4.98 Å². The van der Waals surface area contributed by atoms with E-state index in [1.807, 2.05) is 92.0 Å². The smallest absolute Gasteiger partial charge is 0.247 e. The Labute approximate surface area is 199 Å². The van der Waals surface area contributed by atoms with Gasteiger partial charge in [0, 0.05) is 42.8 Å². The molecule has 0 saturated carbocycles. The second-order valence-electron chi connectivity index (χ2n) is 8.00. The van der Waals surface area contributed by atoms with Gasteiger partial charge in [0.2, 0.25) is 11.9 Å². The number of nitrogens with one attached hydrogen (secondary N) is 3. The van der Waals surface area contributed by atoms with Gasteiger partial charge in [0.05, 0.1) is 0 Å². The van der Waals surface area contributed by atoms with Crippen molar-refractivity contribution in [1.29, 1.82) is 0 Å². The second kappa shape index (κ2) is 11.6. The molecule has 7 heteroatoms. The molecule has 4 aromatic rings. The normalized spacial score (nSPS) is 11.4. The van der Waals surface area contributed by atoms with E-state index in [-0.39, 0.29) is 5.91 Å². The molecule has 0 saturated heterocycles. The van der Waals surface area contributed by atoms with Crippen LogP contribution < -0.4 is 16.0 Å². The third kappa shape index (κ3) is 6.87. The summed E-state index contributed by atoms with van der Waals surface area (Å²) in [6.07, 6.45) is 4.94. The lowest BCUT2D eigenvalue weighted by Crippen LogP contribution is -2.37. The number of carbonyl (C=O) groups is 1. The van der Waals surface area contributed by atoms with Gasteiger partial charge in [0.15, 0.2) is 0 Å². The summed E-state index contributed by atoms with van der Waals surface area (Å²) in [4.78, 5) is 26.4. The summed E-state index contributed by atoms with van der Waals surface area (Å²) in [6.45, 7) is 2.59. The molecule has 0 radical (unpaired) electrons. The fraction of sp³-hybridized carbons (Fsp3) is 0.185. The van der Waals surface area contributed by atoms with Crippen LogP contribution >= 0.6 is 0 Å². The number of hydrogen-bond donors (Lipinski definition) is 3. The van der Waals surface area contributed by atoms with Gasteiger partial charge >= 0.3 is 0 Å². The van der Waals surface area contributed by atoms with Gasteiger partial charge in [-0.15, -0.1) is 0 Å². The molecule has 0 aliphatic heterocycles. The van der Waals surface area contributed by atoms with Crippen LogP contribution in [0.3, 0.4) is 0 Å². The maximum Gasteiger partial charge on any atom is 0.247 e. The zero-order chi connectivity index (χ0) is 23.6. The molecular weight excluding hydrogens is 424 g/mol. The minimum atomic E-state index is -0.514. The van der Waals surface area contributed by atoms with Crippen molar-refractivity contribution < 1.29 is 4.79 Å². The highest BCUT2D eigenvalue weighted by molar-refractivity contribution is 5.96. The van der Waals surface area contributed by atoms with Crippen molar-refractivity contribution in [2.45, 2.75) is 25.8 Å². The average molecular weight is 453 g/mol. The van der Waals surface area contributed by atoms with Crippen molar-refractivity contribution >= 4 is 23.4 Å². The lowest BCUT2D eigenvalue weighted by atomic mass is 10.0. The van der Waals surface area contributed by atoms with E-state index in [9.17, 15) is 4.79 Å². The molecular formula is C27H28N6O. The predicted molar refractivity (Wildman–Crippen MR) is 136 cm³/mol. The summed E-state index contributed by atoms with van der Waals surface area (Å²) in [6, 6.07) is 24.7. The molecule has 0 aliphatic carbocycles. The van der Waals surface area contributed by atoms with Gasteiger partial charge in [-0.1, -0.05) is 54.6 Å². The van der Waals surface area contributed by atoms with Gasteiger partial charge in [-0.3, -0.25) is 9.78 Å². The maximum absolute atomic E-state index is 13.2. The first-order valence-corrected chi connectivity index (χ1v) is 11.3. The Morgan fingerprint density at radius 3 is 2.38 bits per heavy atom. The van der Waals surface area contributed by atoms with E-state index in [0.717, 1.165) is 28.9 Å². The molecule has 2 aromatic carbocycles. The quantitative estimate of drug-likeness (QED) is 0.328. The van der Waals surface area contributed by atoms with Crippen LogP contribution in [0.25, 0.3) is 0 Å². The van der Waals surface area contributed by atoms with Crippen LogP contribution in [-0.4, -0.2) is 33.4 Å². The first-order valence-electron chi connectivity index (χ1n) is 11.3. The molecule has 0 spiro atoms. The topological polar surface area (TPSA) is 91.8 Å². The number of pyridine rings is 1. The number of para-hydroxylation sites is 1. The number of carbonyl (C=O) groups excluding carboxylic acids is 1. The average Bonchev–Trinajstić information content (AvgIpc) is 2.85. The van der Waals surface area contributed by atoms with Crippen molar-refractivity contribution in [2.75, 3.05) is 22.5 Å². The lowest BCUT2D eigenvalue weighted by molar-refractivity contribution is -0.116. The van der Waals surface area contributed by atoms with Gasteiger partial charge in [0.25, 0.3) is 0 Å². The maximum atomic E-state index is 13.2. The minimum Gasteiger partial charge on any atom is -0.358 e. The number of aromatic nitrogens is 3. The number of anilines is 3. The van der Waals surface area contributed by atoms with Crippen molar-refractivity contribution in [1.82, 2.24) is 15.0 Å². The van der Waals surface area contributed by atoms with E-state index in [2.05, 4.69) is 30.9 Å². The molecule has 2 heterocycles. The summed E-state index contributed by atoms with van der Waals surface area (Å²) < 4.78 is 0. The lowest BCUT2D eigenvalue weighted by Gasteiger charge is -2.20. The van der Waals surface area contributed by atoms with E-state index in [4.69, 9.17) is 0 Å². The molecule has 3 N–H and O–H groups in total. The van der Waals surface area contributed by atoms with Crippen molar-refractivity contribution in [3.63, 3.8) is 0 Å². The van der Waals surface area contributed by atoms with Gasteiger partial charge in [-0.05, 0) is 42.7 Å². The molecule has 1 atom stereocenters. The summed E-state index contributed by atoms with van der Waals surface area (Å²) in [5.41, 5.74) is 3.76. The van der Waals surface area contributed by atoms with Crippen LogP contribution in [0.4, 0.5) is 17.5 Å². The zero-order valence-electron chi connectivity index (χ0n) is 19.1. The minimum absolute atomic E-state index is 0.127. The molecule has 0 bridgehead atoms. The number of amides is 1. The molecule has 0 unspecified atom stereocenters. The van der Waals surface area contributed by atoms with Crippen LogP contribution in [0.5, 0.6) is 0 Å². The van der Waals surface area contributed by atoms with Crippen LogP contribution in [0.2, 0.25) is 0 Å². The van der Waals surface area contributed by atoms with E-state index in [1.54, 1.807) is 6.20 Å².